The molecule has 3 rings (SSSR count). The Hall–Kier alpha value is -2.41. The van der Waals surface area contributed by atoms with Gasteiger partial charge in [-0.3, -0.25) is 4.79 Å². The molecule has 0 bridgehead atoms. The largest absolute Gasteiger partial charge is 0.296 e. The maximum absolute atomic E-state index is 11.3. The molecule has 0 atom stereocenters. The molecule has 0 radical (unpaired) electrons. The highest BCUT2D eigenvalue weighted by molar-refractivity contribution is 7.13. The first-order valence-electron chi connectivity index (χ1n) is 6.39. The van der Waals surface area contributed by atoms with Crippen molar-refractivity contribution >= 4 is 17.6 Å². The molecule has 0 N–H and O–H groups in total. The number of carbonyl (C=O) groups excluding carboxylic acids is 1. The van der Waals surface area contributed by atoms with Gasteiger partial charge in [-0.1, -0.05) is 28.7 Å². The highest BCUT2D eigenvalue weighted by Gasteiger charge is 2.18. The van der Waals surface area contributed by atoms with E-state index in [0.29, 0.717) is 22.8 Å². The number of benzene rings is 1. The standard InChI is InChI=1S/C14H13N5OS/c1-8-4-5-11(6-9(8)2)13-12(7-20)16-18-19(13)14-17-15-10(3)21-14/h4-7H,1-3H3. The maximum Gasteiger partial charge on any atom is 0.234 e. The Kier molecular flexibility index (Phi) is 3.34. The predicted octanol–water partition coefficient (Wildman–Crippen LogP) is 2.52. The summed E-state index contributed by atoms with van der Waals surface area (Å²) in [6, 6.07) is 5.99. The maximum atomic E-state index is 11.3. The van der Waals surface area contributed by atoms with E-state index >= 15 is 0 Å². The zero-order valence-corrected chi connectivity index (χ0v) is 12.7. The number of carbonyl (C=O) groups is 1. The van der Waals surface area contributed by atoms with Crippen molar-refractivity contribution in [1.29, 1.82) is 0 Å². The van der Waals surface area contributed by atoms with Crippen molar-refractivity contribution in [2.24, 2.45) is 0 Å². The van der Waals surface area contributed by atoms with Gasteiger partial charge in [0.05, 0.1) is 0 Å². The molecule has 2 heterocycles. The summed E-state index contributed by atoms with van der Waals surface area (Å²) >= 11 is 1.40. The van der Waals surface area contributed by atoms with Crippen molar-refractivity contribution in [3.05, 3.63) is 40.0 Å². The molecule has 0 saturated heterocycles. The molecule has 0 fully saturated rings. The van der Waals surface area contributed by atoms with E-state index in [1.807, 2.05) is 39.0 Å². The van der Waals surface area contributed by atoms with Crippen LogP contribution in [0.25, 0.3) is 16.4 Å². The Bertz CT molecular complexity index is 821. The van der Waals surface area contributed by atoms with Crippen molar-refractivity contribution in [1.82, 2.24) is 25.2 Å². The minimum Gasteiger partial charge on any atom is -0.296 e. The van der Waals surface area contributed by atoms with Gasteiger partial charge in [-0.05, 0) is 38.0 Å². The van der Waals surface area contributed by atoms with E-state index in [1.165, 1.54) is 16.9 Å². The second-order valence-electron chi connectivity index (χ2n) is 4.76. The fourth-order valence-corrected chi connectivity index (χ4v) is 2.68. The molecule has 106 valence electrons. The van der Waals surface area contributed by atoms with Crippen LogP contribution in [-0.2, 0) is 0 Å². The van der Waals surface area contributed by atoms with Gasteiger partial charge in [0, 0.05) is 5.56 Å². The quantitative estimate of drug-likeness (QED) is 0.695. The van der Waals surface area contributed by atoms with Gasteiger partial charge in [0.2, 0.25) is 5.13 Å². The van der Waals surface area contributed by atoms with Crippen LogP contribution in [0.3, 0.4) is 0 Å². The van der Waals surface area contributed by atoms with Crippen LogP contribution in [0, 0.1) is 20.8 Å². The van der Waals surface area contributed by atoms with E-state index < -0.39 is 0 Å². The highest BCUT2D eigenvalue weighted by Crippen LogP contribution is 2.27. The third kappa shape index (κ3) is 2.36. The van der Waals surface area contributed by atoms with E-state index in [-0.39, 0.29) is 0 Å². The molecular formula is C14H13N5OS. The van der Waals surface area contributed by atoms with Gasteiger partial charge < -0.3 is 0 Å². The Morgan fingerprint density at radius 2 is 1.90 bits per heavy atom. The van der Waals surface area contributed by atoms with E-state index in [9.17, 15) is 4.79 Å². The number of nitrogens with zero attached hydrogens (tertiary/aromatic N) is 5. The summed E-state index contributed by atoms with van der Waals surface area (Å²) in [7, 11) is 0. The molecule has 2 aromatic heterocycles. The van der Waals surface area contributed by atoms with Crippen molar-refractivity contribution in [2.45, 2.75) is 20.8 Å². The van der Waals surface area contributed by atoms with Crippen molar-refractivity contribution in [2.75, 3.05) is 0 Å². The van der Waals surface area contributed by atoms with Crippen molar-refractivity contribution < 1.29 is 4.79 Å². The number of hydrogen-bond donors (Lipinski definition) is 0. The van der Waals surface area contributed by atoms with Crippen LogP contribution < -0.4 is 0 Å². The minimum absolute atomic E-state index is 0.297. The second kappa shape index (κ2) is 5.17. The van der Waals surface area contributed by atoms with Crippen LogP contribution in [0.2, 0.25) is 0 Å². The van der Waals surface area contributed by atoms with Crippen LogP contribution in [0.15, 0.2) is 18.2 Å². The van der Waals surface area contributed by atoms with Gasteiger partial charge in [-0.25, -0.2) is 0 Å². The first-order valence-corrected chi connectivity index (χ1v) is 7.21. The van der Waals surface area contributed by atoms with Crippen LogP contribution >= 0.6 is 11.3 Å². The van der Waals surface area contributed by atoms with Gasteiger partial charge in [-0.2, -0.15) is 4.68 Å². The topological polar surface area (TPSA) is 73.6 Å². The summed E-state index contributed by atoms with van der Waals surface area (Å²) in [5, 5.41) is 17.5. The monoisotopic (exact) mass is 299 g/mol. The third-order valence-electron chi connectivity index (χ3n) is 3.28. The van der Waals surface area contributed by atoms with Crippen LogP contribution in [0.1, 0.15) is 26.6 Å². The summed E-state index contributed by atoms with van der Waals surface area (Å²) < 4.78 is 1.57. The first-order chi connectivity index (χ1) is 10.1. The zero-order valence-electron chi connectivity index (χ0n) is 11.9. The molecule has 0 unspecified atom stereocenters. The summed E-state index contributed by atoms with van der Waals surface area (Å²) in [4.78, 5) is 11.3. The molecule has 0 spiro atoms. The number of hydrogen-bond acceptors (Lipinski definition) is 6. The zero-order chi connectivity index (χ0) is 15.0. The van der Waals surface area contributed by atoms with Gasteiger partial charge in [0.15, 0.2) is 12.0 Å². The Balaban J connectivity index is 2.22. The van der Waals surface area contributed by atoms with Crippen LogP contribution in [-0.4, -0.2) is 31.5 Å². The van der Waals surface area contributed by atoms with Gasteiger partial charge in [-0.15, -0.1) is 15.3 Å². The first kappa shape index (κ1) is 13.6. The summed E-state index contributed by atoms with van der Waals surface area (Å²) in [6.45, 7) is 5.94. The molecule has 0 aliphatic rings. The third-order valence-corrected chi connectivity index (χ3v) is 4.10. The predicted molar refractivity (Wildman–Crippen MR) is 79.9 cm³/mol. The lowest BCUT2D eigenvalue weighted by atomic mass is 10.0. The van der Waals surface area contributed by atoms with Crippen molar-refractivity contribution in [3.63, 3.8) is 0 Å². The Labute approximate surface area is 125 Å². The highest BCUT2D eigenvalue weighted by atomic mass is 32.1. The molecule has 0 saturated carbocycles. The molecule has 3 aromatic rings. The molecule has 21 heavy (non-hydrogen) atoms. The molecule has 0 amide bonds. The van der Waals surface area contributed by atoms with Gasteiger partial charge in [0.1, 0.15) is 10.7 Å². The fourth-order valence-electron chi connectivity index (χ4n) is 2.04. The molecule has 1 aromatic carbocycles. The smallest absolute Gasteiger partial charge is 0.234 e. The lowest BCUT2D eigenvalue weighted by molar-refractivity contribution is 0.111. The fraction of sp³-hybridized carbons (Fsp3) is 0.214. The van der Waals surface area contributed by atoms with Gasteiger partial charge in [0.25, 0.3) is 0 Å². The summed E-state index contributed by atoms with van der Waals surface area (Å²) in [5.41, 5.74) is 4.16. The lowest BCUT2D eigenvalue weighted by Crippen LogP contribution is -2.00. The number of aromatic nitrogens is 5. The van der Waals surface area contributed by atoms with E-state index in [4.69, 9.17) is 0 Å². The number of rotatable bonds is 3. The molecule has 7 heteroatoms. The Morgan fingerprint density at radius 1 is 1.10 bits per heavy atom. The summed E-state index contributed by atoms with van der Waals surface area (Å²) in [6.07, 6.45) is 0.710. The van der Waals surface area contributed by atoms with E-state index in [2.05, 4.69) is 20.5 Å². The van der Waals surface area contributed by atoms with E-state index in [0.717, 1.165) is 16.1 Å². The van der Waals surface area contributed by atoms with Gasteiger partial charge >= 0.3 is 0 Å². The van der Waals surface area contributed by atoms with Crippen molar-refractivity contribution in [3.8, 4) is 16.4 Å². The van der Waals surface area contributed by atoms with Crippen LogP contribution in [0.4, 0.5) is 0 Å². The average Bonchev–Trinajstić information content (AvgIpc) is 3.07. The Morgan fingerprint density at radius 3 is 2.52 bits per heavy atom. The molecule has 0 aliphatic heterocycles. The normalized spacial score (nSPS) is 10.8. The average molecular weight is 299 g/mol. The second-order valence-corrected chi connectivity index (χ2v) is 5.92. The SMILES string of the molecule is Cc1nnc(-n2nnc(C=O)c2-c2ccc(C)c(C)c2)s1. The molecular weight excluding hydrogens is 286 g/mol. The van der Waals surface area contributed by atoms with E-state index in [1.54, 1.807) is 4.68 Å². The minimum atomic E-state index is 0.297. The lowest BCUT2D eigenvalue weighted by Gasteiger charge is -2.06. The molecule has 0 aliphatic carbocycles. The molecule has 6 nitrogen and oxygen atoms in total. The number of aldehydes is 1. The number of aryl methyl sites for hydroxylation is 3. The summed E-state index contributed by atoms with van der Waals surface area (Å²) in [5.74, 6) is 0. The van der Waals surface area contributed by atoms with Crippen LogP contribution in [0.5, 0.6) is 0 Å².